The highest BCUT2D eigenvalue weighted by atomic mass is 79.9. The maximum absolute atomic E-state index is 11.8. The monoisotopic (exact) mass is 314 g/mol. The largest absolute Gasteiger partial charge is 0.457 e. The van der Waals surface area contributed by atoms with E-state index >= 15 is 0 Å². The molecule has 0 saturated carbocycles. The van der Waals surface area contributed by atoms with Crippen LogP contribution in [0.5, 0.6) is 0 Å². The van der Waals surface area contributed by atoms with Gasteiger partial charge in [-0.15, -0.1) is 0 Å². The van der Waals surface area contributed by atoms with Crippen molar-refractivity contribution in [2.75, 3.05) is 11.1 Å². The molecule has 1 heterocycles. The Morgan fingerprint density at radius 3 is 2.76 bits per heavy atom. The van der Waals surface area contributed by atoms with E-state index in [1.165, 1.54) is 6.26 Å². The zero-order valence-corrected chi connectivity index (χ0v) is 10.9. The third-order valence-electron chi connectivity index (χ3n) is 2.10. The van der Waals surface area contributed by atoms with Gasteiger partial charge in [0.2, 0.25) is 0 Å². The third kappa shape index (κ3) is 2.62. The Kier molecular flexibility index (Phi) is 3.40. The van der Waals surface area contributed by atoms with Crippen LogP contribution in [0, 0.1) is 0 Å². The van der Waals surface area contributed by atoms with E-state index in [1.807, 2.05) is 0 Å². The number of hydrogen-bond acceptors (Lipinski definition) is 3. The molecule has 0 saturated heterocycles. The molecular formula is C11H8BrClN2O2. The molecule has 0 bridgehead atoms. The van der Waals surface area contributed by atoms with Crippen LogP contribution in [0.25, 0.3) is 0 Å². The second-order valence-electron chi connectivity index (χ2n) is 3.30. The zero-order chi connectivity index (χ0) is 12.4. The van der Waals surface area contributed by atoms with Crippen LogP contribution < -0.4 is 11.1 Å². The number of halogens is 2. The minimum Gasteiger partial charge on any atom is -0.457 e. The van der Waals surface area contributed by atoms with Crippen molar-refractivity contribution in [2.24, 2.45) is 0 Å². The van der Waals surface area contributed by atoms with Crippen molar-refractivity contribution in [2.45, 2.75) is 0 Å². The number of furan rings is 1. The van der Waals surface area contributed by atoms with Crippen LogP contribution in [-0.4, -0.2) is 5.91 Å². The molecule has 0 unspecified atom stereocenters. The lowest BCUT2D eigenvalue weighted by atomic mass is 10.2. The molecule has 0 fully saturated rings. The lowest BCUT2D eigenvalue weighted by Crippen LogP contribution is -2.11. The number of nitrogens with one attached hydrogen (secondary N) is 1. The third-order valence-corrected chi connectivity index (χ3v) is 3.03. The van der Waals surface area contributed by atoms with Crippen molar-refractivity contribution in [3.05, 3.63) is 45.8 Å². The second kappa shape index (κ2) is 4.81. The molecule has 0 aliphatic heterocycles. The summed E-state index contributed by atoms with van der Waals surface area (Å²) in [7, 11) is 0. The van der Waals surface area contributed by atoms with Crippen LogP contribution >= 0.6 is 27.5 Å². The van der Waals surface area contributed by atoms with Crippen LogP contribution in [0.4, 0.5) is 11.4 Å². The van der Waals surface area contributed by atoms with Crippen molar-refractivity contribution in [1.29, 1.82) is 0 Å². The predicted molar refractivity (Wildman–Crippen MR) is 70.2 cm³/mol. The minimum absolute atomic E-state index is 0.308. The molecule has 4 nitrogen and oxygen atoms in total. The summed E-state index contributed by atoms with van der Waals surface area (Å²) >= 11 is 9.07. The van der Waals surface area contributed by atoms with Gasteiger partial charge < -0.3 is 15.5 Å². The average molecular weight is 316 g/mol. The topological polar surface area (TPSA) is 68.3 Å². The van der Waals surface area contributed by atoms with E-state index in [9.17, 15) is 4.79 Å². The summed E-state index contributed by atoms with van der Waals surface area (Å²) in [4.78, 5) is 11.8. The summed E-state index contributed by atoms with van der Waals surface area (Å²) in [6.07, 6.45) is 1.42. The molecule has 0 atom stereocenters. The van der Waals surface area contributed by atoms with Gasteiger partial charge in [0, 0.05) is 5.69 Å². The normalized spacial score (nSPS) is 10.2. The van der Waals surface area contributed by atoms with Crippen LogP contribution in [0.2, 0.25) is 5.02 Å². The number of benzene rings is 1. The average Bonchev–Trinajstić information content (AvgIpc) is 2.68. The van der Waals surface area contributed by atoms with Crippen LogP contribution in [-0.2, 0) is 0 Å². The lowest BCUT2D eigenvalue weighted by Gasteiger charge is -2.06. The molecule has 0 spiro atoms. The van der Waals surface area contributed by atoms with Gasteiger partial charge in [0.05, 0.1) is 22.5 Å². The molecule has 0 aliphatic rings. The molecule has 88 valence electrons. The SMILES string of the molecule is Nc1ccc(NC(=O)c2ccoc2Br)c(Cl)c1. The van der Waals surface area contributed by atoms with E-state index < -0.39 is 0 Å². The van der Waals surface area contributed by atoms with Crippen molar-refractivity contribution in [1.82, 2.24) is 0 Å². The van der Waals surface area contributed by atoms with Gasteiger partial charge in [0.15, 0.2) is 4.67 Å². The van der Waals surface area contributed by atoms with E-state index in [4.69, 9.17) is 21.8 Å². The van der Waals surface area contributed by atoms with E-state index in [0.29, 0.717) is 26.6 Å². The highest BCUT2D eigenvalue weighted by molar-refractivity contribution is 9.10. The van der Waals surface area contributed by atoms with E-state index in [2.05, 4.69) is 21.2 Å². The Balaban J connectivity index is 2.22. The molecule has 0 aliphatic carbocycles. The summed E-state index contributed by atoms with van der Waals surface area (Å²) in [5, 5.41) is 3.05. The van der Waals surface area contributed by atoms with Gasteiger partial charge in [0.1, 0.15) is 0 Å². The highest BCUT2D eigenvalue weighted by Gasteiger charge is 2.13. The first kappa shape index (κ1) is 12.0. The fourth-order valence-corrected chi connectivity index (χ4v) is 1.93. The fourth-order valence-electron chi connectivity index (χ4n) is 1.28. The van der Waals surface area contributed by atoms with Crippen LogP contribution in [0.3, 0.4) is 0 Å². The Morgan fingerprint density at radius 2 is 2.18 bits per heavy atom. The maximum atomic E-state index is 11.8. The minimum atomic E-state index is -0.308. The molecule has 0 radical (unpaired) electrons. The Bertz CT molecular complexity index is 568. The van der Waals surface area contributed by atoms with Crippen LogP contribution in [0.1, 0.15) is 10.4 Å². The summed E-state index contributed by atoms with van der Waals surface area (Å²) in [6.45, 7) is 0. The van der Waals surface area contributed by atoms with Crippen molar-refractivity contribution in [3.8, 4) is 0 Å². The first-order chi connectivity index (χ1) is 8.08. The Hall–Kier alpha value is -1.46. The molecule has 17 heavy (non-hydrogen) atoms. The smallest absolute Gasteiger partial charge is 0.260 e. The van der Waals surface area contributed by atoms with Gasteiger partial charge >= 0.3 is 0 Å². The molecular weight excluding hydrogens is 307 g/mol. The highest BCUT2D eigenvalue weighted by Crippen LogP contribution is 2.25. The number of amides is 1. The molecule has 3 N–H and O–H groups in total. The Morgan fingerprint density at radius 1 is 1.41 bits per heavy atom. The standard InChI is InChI=1S/C11H8BrClN2O2/c12-10-7(3-4-17-10)11(16)15-9-2-1-6(14)5-8(9)13/h1-5H,14H2,(H,15,16). The number of carbonyl (C=O) groups excluding carboxylic acids is 1. The van der Waals surface area contributed by atoms with Crippen molar-refractivity contribution in [3.63, 3.8) is 0 Å². The number of nitrogens with two attached hydrogens (primary N) is 1. The Labute approximate surface area is 111 Å². The number of anilines is 2. The summed E-state index contributed by atoms with van der Waals surface area (Å²) in [5.74, 6) is -0.308. The van der Waals surface area contributed by atoms with Gasteiger partial charge in [-0.1, -0.05) is 11.6 Å². The first-order valence-electron chi connectivity index (χ1n) is 4.67. The van der Waals surface area contributed by atoms with Gasteiger partial charge in [0.25, 0.3) is 5.91 Å². The summed E-state index contributed by atoms with van der Waals surface area (Å²) < 4.78 is 5.35. The van der Waals surface area contributed by atoms with Gasteiger partial charge in [-0.25, -0.2) is 0 Å². The van der Waals surface area contributed by atoms with E-state index in [0.717, 1.165) is 0 Å². The quantitative estimate of drug-likeness (QED) is 0.833. The predicted octanol–water partition coefficient (Wildman–Crippen LogP) is 3.53. The maximum Gasteiger partial charge on any atom is 0.260 e. The lowest BCUT2D eigenvalue weighted by molar-refractivity contribution is 0.102. The number of hydrogen-bond donors (Lipinski definition) is 2. The molecule has 6 heteroatoms. The molecule has 2 rings (SSSR count). The summed E-state index contributed by atoms with van der Waals surface area (Å²) in [6, 6.07) is 6.43. The van der Waals surface area contributed by atoms with Crippen LogP contribution in [0.15, 0.2) is 39.6 Å². The van der Waals surface area contributed by atoms with E-state index in [-0.39, 0.29) is 5.91 Å². The zero-order valence-electron chi connectivity index (χ0n) is 8.54. The van der Waals surface area contributed by atoms with Gasteiger partial charge in [-0.2, -0.15) is 0 Å². The van der Waals surface area contributed by atoms with Gasteiger partial charge in [-0.3, -0.25) is 4.79 Å². The van der Waals surface area contributed by atoms with Crippen molar-refractivity contribution < 1.29 is 9.21 Å². The fraction of sp³-hybridized carbons (Fsp3) is 0. The number of rotatable bonds is 2. The molecule has 2 aromatic rings. The molecule has 1 aromatic heterocycles. The van der Waals surface area contributed by atoms with Gasteiger partial charge in [-0.05, 0) is 40.2 Å². The number of nitrogen functional groups attached to an aromatic ring is 1. The number of carbonyl (C=O) groups is 1. The summed E-state index contributed by atoms with van der Waals surface area (Å²) in [5.41, 5.74) is 7.00. The van der Waals surface area contributed by atoms with Crippen molar-refractivity contribution >= 4 is 44.8 Å². The molecule has 1 amide bonds. The van der Waals surface area contributed by atoms with E-state index in [1.54, 1.807) is 24.3 Å². The molecule has 1 aromatic carbocycles. The first-order valence-corrected chi connectivity index (χ1v) is 5.84. The second-order valence-corrected chi connectivity index (χ2v) is 4.43.